The number of ether oxygens (including phenoxy) is 1. The van der Waals surface area contributed by atoms with Crippen LogP contribution in [0.3, 0.4) is 0 Å². The molecule has 0 aliphatic rings. The standard InChI is InChI=1S/C22H22Cl3N3O2S/c1-13(2)11-28-21(14(3)30-20-7-5-4-6-17(20)24)26-27-22(28)31-12-19(29)16-9-8-15(23)10-18(16)25/h4-10,13-14H,11-12H2,1-3H3. The van der Waals surface area contributed by atoms with Gasteiger partial charge in [-0.05, 0) is 43.2 Å². The number of aromatic nitrogens is 3. The van der Waals surface area contributed by atoms with Crippen molar-refractivity contribution >= 4 is 52.3 Å². The van der Waals surface area contributed by atoms with Crippen molar-refractivity contribution in [3.05, 3.63) is 68.9 Å². The van der Waals surface area contributed by atoms with E-state index in [9.17, 15) is 4.79 Å². The van der Waals surface area contributed by atoms with Crippen molar-refractivity contribution < 1.29 is 9.53 Å². The average Bonchev–Trinajstić information content (AvgIpc) is 3.09. The lowest BCUT2D eigenvalue weighted by Gasteiger charge is -2.18. The monoisotopic (exact) mass is 497 g/mol. The SMILES string of the molecule is CC(C)Cn1c(SCC(=O)c2ccc(Cl)cc2Cl)nnc1C(C)Oc1ccccc1Cl. The van der Waals surface area contributed by atoms with Gasteiger partial charge in [0, 0.05) is 17.1 Å². The molecule has 0 aliphatic heterocycles. The molecule has 9 heteroatoms. The van der Waals surface area contributed by atoms with E-state index in [2.05, 4.69) is 24.0 Å². The number of hydrogen-bond acceptors (Lipinski definition) is 5. The summed E-state index contributed by atoms with van der Waals surface area (Å²) in [5.74, 6) is 1.68. The third-order valence-corrected chi connectivity index (χ3v) is 6.19. The minimum atomic E-state index is -0.373. The number of carbonyl (C=O) groups is 1. The van der Waals surface area contributed by atoms with Gasteiger partial charge in [-0.3, -0.25) is 4.79 Å². The Bertz CT molecular complexity index is 1070. The van der Waals surface area contributed by atoms with E-state index in [1.165, 1.54) is 11.8 Å². The molecular weight excluding hydrogens is 477 g/mol. The fourth-order valence-corrected chi connectivity index (χ4v) is 4.48. The first-order valence-electron chi connectivity index (χ1n) is 9.71. The Morgan fingerprint density at radius 3 is 2.48 bits per heavy atom. The van der Waals surface area contributed by atoms with Gasteiger partial charge in [0.05, 0.1) is 15.8 Å². The molecule has 31 heavy (non-hydrogen) atoms. The molecule has 0 bridgehead atoms. The van der Waals surface area contributed by atoms with Crippen LogP contribution in [0.1, 0.15) is 43.1 Å². The van der Waals surface area contributed by atoms with E-state index < -0.39 is 0 Å². The van der Waals surface area contributed by atoms with Crippen molar-refractivity contribution in [2.75, 3.05) is 5.75 Å². The molecule has 1 unspecified atom stereocenters. The molecule has 0 saturated heterocycles. The molecule has 3 rings (SSSR count). The Morgan fingerprint density at radius 1 is 1.06 bits per heavy atom. The molecule has 0 radical (unpaired) electrons. The highest BCUT2D eigenvalue weighted by molar-refractivity contribution is 7.99. The van der Waals surface area contributed by atoms with Gasteiger partial charge in [-0.2, -0.15) is 0 Å². The van der Waals surface area contributed by atoms with Gasteiger partial charge in [-0.1, -0.05) is 72.5 Å². The summed E-state index contributed by atoms with van der Waals surface area (Å²) in [5.41, 5.74) is 0.434. The number of para-hydroxylation sites is 1. The van der Waals surface area contributed by atoms with E-state index in [0.29, 0.717) is 49.8 Å². The molecule has 0 aliphatic carbocycles. The van der Waals surface area contributed by atoms with E-state index >= 15 is 0 Å². The molecule has 0 spiro atoms. The van der Waals surface area contributed by atoms with Gasteiger partial charge in [-0.15, -0.1) is 10.2 Å². The number of halogens is 3. The number of benzene rings is 2. The number of hydrogen-bond donors (Lipinski definition) is 0. The number of thioether (sulfide) groups is 1. The molecular formula is C22H22Cl3N3O2S. The van der Waals surface area contributed by atoms with Crippen LogP contribution in [0.2, 0.25) is 15.1 Å². The van der Waals surface area contributed by atoms with Crippen molar-refractivity contribution in [1.82, 2.24) is 14.8 Å². The number of ketones is 1. The maximum absolute atomic E-state index is 12.7. The van der Waals surface area contributed by atoms with Crippen LogP contribution in [0.15, 0.2) is 47.6 Å². The maximum atomic E-state index is 12.7. The zero-order valence-corrected chi connectivity index (χ0v) is 20.4. The second-order valence-electron chi connectivity index (χ2n) is 7.37. The van der Waals surface area contributed by atoms with E-state index in [4.69, 9.17) is 39.5 Å². The van der Waals surface area contributed by atoms with Crippen molar-refractivity contribution in [1.29, 1.82) is 0 Å². The molecule has 0 fully saturated rings. The third kappa shape index (κ3) is 6.16. The fourth-order valence-electron chi connectivity index (χ4n) is 2.95. The molecule has 1 aromatic heterocycles. The molecule has 1 atom stereocenters. The lowest BCUT2D eigenvalue weighted by Crippen LogP contribution is -2.15. The summed E-state index contributed by atoms with van der Waals surface area (Å²) < 4.78 is 8.02. The molecule has 5 nitrogen and oxygen atoms in total. The van der Waals surface area contributed by atoms with E-state index in [-0.39, 0.29) is 17.6 Å². The Labute approximate surface area is 201 Å². The molecule has 164 valence electrons. The van der Waals surface area contributed by atoms with Crippen LogP contribution in [-0.4, -0.2) is 26.3 Å². The van der Waals surface area contributed by atoms with Gasteiger partial charge in [-0.25, -0.2) is 0 Å². The van der Waals surface area contributed by atoms with Gasteiger partial charge < -0.3 is 9.30 Å². The summed E-state index contributed by atoms with van der Waals surface area (Å²) in [6, 6.07) is 12.1. The van der Waals surface area contributed by atoms with Gasteiger partial charge in [0.15, 0.2) is 22.9 Å². The molecule has 2 aromatic carbocycles. The van der Waals surface area contributed by atoms with Crippen molar-refractivity contribution in [2.24, 2.45) is 5.92 Å². The molecule has 3 aromatic rings. The smallest absolute Gasteiger partial charge is 0.191 e. The summed E-state index contributed by atoms with van der Waals surface area (Å²) in [5, 5.41) is 10.7. The largest absolute Gasteiger partial charge is 0.481 e. The Hall–Kier alpha value is -1.73. The minimum Gasteiger partial charge on any atom is -0.481 e. The maximum Gasteiger partial charge on any atom is 0.191 e. The predicted molar refractivity (Wildman–Crippen MR) is 127 cm³/mol. The van der Waals surface area contributed by atoms with Crippen LogP contribution >= 0.6 is 46.6 Å². The van der Waals surface area contributed by atoms with Gasteiger partial charge >= 0.3 is 0 Å². The van der Waals surface area contributed by atoms with Crippen LogP contribution < -0.4 is 4.74 Å². The molecule has 1 heterocycles. The first kappa shape index (κ1) is 23.9. The second-order valence-corrected chi connectivity index (χ2v) is 9.57. The van der Waals surface area contributed by atoms with Gasteiger partial charge in [0.2, 0.25) is 0 Å². The zero-order valence-electron chi connectivity index (χ0n) is 17.3. The normalized spacial score (nSPS) is 12.2. The first-order chi connectivity index (χ1) is 14.8. The van der Waals surface area contributed by atoms with Crippen molar-refractivity contribution in [3.8, 4) is 5.75 Å². The Kier molecular flexibility index (Phi) is 8.28. The highest BCUT2D eigenvalue weighted by Crippen LogP contribution is 2.30. The van der Waals surface area contributed by atoms with E-state index in [1.54, 1.807) is 24.3 Å². The molecule has 0 saturated carbocycles. The highest BCUT2D eigenvalue weighted by Gasteiger charge is 2.22. The number of Topliss-reactive ketones (excluding diaryl/α,β-unsaturated/α-hetero) is 1. The van der Waals surface area contributed by atoms with Crippen LogP contribution in [0, 0.1) is 5.92 Å². The Morgan fingerprint density at radius 2 is 1.81 bits per heavy atom. The lowest BCUT2D eigenvalue weighted by molar-refractivity contribution is 0.102. The fraction of sp³-hybridized carbons (Fsp3) is 0.318. The second kappa shape index (κ2) is 10.7. The summed E-state index contributed by atoms with van der Waals surface area (Å²) >= 11 is 19.6. The quantitative estimate of drug-likeness (QED) is 0.234. The average molecular weight is 499 g/mol. The van der Waals surface area contributed by atoms with Crippen LogP contribution in [0.5, 0.6) is 5.75 Å². The van der Waals surface area contributed by atoms with Crippen LogP contribution in [0.25, 0.3) is 0 Å². The van der Waals surface area contributed by atoms with Crippen LogP contribution in [-0.2, 0) is 6.54 Å². The Balaban J connectivity index is 1.78. The molecule has 0 amide bonds. The summed E-state index contributed by atoms with van der Waals surface area (Å²) in [7, 11) is 0. The van der Waals surface area contributed by atoms with Crippen LogP contribution in [0.4, 0.5) is 0 Å². The number of carbonyl (C=O) groups excluding carboxylic acids is 1. The van der Waals surface area contributed by atoms with Crippen molar-refractivity contribution in [3.63, 3.8) is 0 Å². The van der Waals surface area contributed by atoms with E-state index in [0.717, 1.165) is 0 Å². The lowest BCUT2D eigenvalue weighted by atomic mass is 10.1. The van der Waals surface area contributed by atoms with E-state index in [1.807, 2.05) is 29.7 Å². The first-order valence-corrected chi connectivity index (χ1v) is 11.8. The summed E-state index contributed by atoms with van der Waals surface area (Å²) in [6.45, 7) is 6.81. The predicted octanol–water partition coefficient (Wildman–Crippen LogP) is 7.01. The number of nitrogens with zero attached hydrogens (tertiary/aromatic N) is 3. The minimum absolute atomic E-state index is 0.104. The topological polar surface area (TPSA) is 57.0 Å². The zero-order chi connectivity index (χ0) is 22.5. The summed E-state index contributed by atoms with van der Waals surface area (Å²) in [4.78, 5) is 12.7. The molecule has 0 N–H and O–H groups in total. The third-order valence-electron chi connectivity index (χ3n) is 4.36. The number of rotatable bonds is 9. The van der Waals surface area contributed by atoms with Gasteiger partial charge in [0.1, 0.15) is 5.75 Å². The highest BCUT2D eigenvalue weighted by atomic mass is 35.5. The summed E-state index contributed by atoms with van der Waals surface area (Å²) in [6.07, 6.45) is -0.373. The van der Waals surface area contributed by atoms with Gasteiger partial charge in [0.25, 0.3) is 0 Å². The van der Waals surface area contributed by atoms with Crippen molar-refractivity contribution in [2.45, 2.75) is 38.6 Å².